The predicted octanol–water partition coefficient (Wildman–Crippen LogP) is 1.64. The van der Waals surface area contributed by atoms with Gasteiger partial charge in [0.05, 0.1) is 0 Å². The average molecular weight is 183 g/mol. The second-order valence-electron chi connectivity index (χ2n) is 2.61. The molecule has 0 aliphatic carbocycles. The number of carbonyl (C=O) groups is 1. The topological polar surface area (TPSA) is 49.3 Å². The summed E-state index contributed by atoms with van der Waals surface area (Å²) in [7, 11) is 0. The fraction of sp³-hybridized carbons (Fsp3) is 0.222. The van der Waals surface area contributed by atoms with E-state index in [4.69, 9.17) is 5.11 Å². The highest BCUT2D eigenvalue weighted by molar-refractivity contribution is 5.64. The van der Waals surface area contributed by atoms with Gasteiger partial charge in [0.1, 0.15) is 5.82 Å². The van der Waals surface area contributed by atoms with Gasteiger partial charge in [-0.3, -0.25) is 0 Å². The largest absolute Gasteiger partial charge is 0.465 e. The van der Waals surface area contributed by atoms with Crippen LogP contribution in [0.4, 0.5) is 9.18 Å². The van der Waals surface area contributed by atoms with Crippen molar-refractivity contribution in [3.63, 3.8) is 0 Å². The number of rotatable bonds is 3. The summed E-state index contributed by atoms with van der Waals surface area (Å²) in [6, 6.07) is 5.99. The monoisotopic (exact) mass is 183 g/mol. The minimum absolute atomic E-state index is 0.282. The first-order valence-corrected chi connectivity index (χ1v) is 3.90. The molecule has 0 aliphatic heterocycles. The van der Waals surface area contributed by atoms with Crippen molar-refractivity contribution in [2.45, 2.75) is 6.42 Å². The van der Waals surface area contributed by atoms with Crippen LogP contribution in [0.2, 0.25) is 0 Å². The van der Waals surface area contributed by atoms with E-state index >= 15 is 0 Å². The van der Waals surface area contributed by atoms with E-state index in [0.717, 1.165) is 5.56 Å². The molecule has 0 radical (unpaired) electrons. The third-order valence-electron chi connectivity index (χ3n) is 1.60. The van der Waals surface area contributed by atoms with Gasteiger partial charge in [-0.25, -0.2) is 9.18 Å². The van der Waals surface area contributed by atoms with Crippen LogP contribution in [0.15, 0.2) is 24.3 Å². The Bertz CT molecular complexity index is 284. The van der Waals surface area contributed by atoms with Gasteiger partial charge >= 0.3 is 6.09 Å². The lowest BCUT2D eigenvalue weighted by Gasteiger charge is -2.00. The molecule has 0 fully saturated rings. The zero-order chi connectivity index (χ0) is 9.68. The first kappa shape index (κ1) is 9.51. The van der Waals surface area contributed by atoms with E-state index in [1.807, 2.05) is 0 Å². The van der Waals surface area contributed by atoms with Crippen LogP contribution in [0.25, 0.3) is 0 Å². The summed E-state index contributed by atoms with van der Waals surface area (Å²) in [6.45, 7) is 0.348. The maximum Gasteiger partial charge on any atom is 0.404 e. The molecule has 0 aromatic heterocycles. The summed E-state index contributed by atoms with van der Waals surface area (Å²) >= 11 is 0. The minimum Gasteiger partial charge on any atom is -0.465 e. The van der Waals surface area contributed by atoms with E-state index in [0.29, 0.717) is 13.0 Å². The highest BCUT2D eigenvalue weighted by Gasteiger charge is 1.95. The van der Waals surface area contributed by atoms with Crippen molar-refractivity contribution in [2.75, 3.05) is 6.54 Å². The Hall–Kier alpha value is -1.58. The molecule has 13 heavy (non-hydrogen) atoms. The molecule has 0 heterocycles. The Kier molecular flexibility index (Phi) is 3.25. The van der Waals surface area contributed by atoms with Gasteiger partial charge in [-0.05, 0) is 24.1 Å². The molecule has 4 heteroatoms. The Morgan fingerprint density at radius 2 is 2.00 bits per heavy atom. The van der Waals surface area contributed by atoms with Crippen LogP contribution in [0.5, 0.6) is 0 Å². The van der Waals surface area contributed by atoms with Gasteiger partial charge in [0.2, 0.25) is 0 Å². The molecule has 0 bridgehead atoms. The zero-order valence-corrected chi connectivity index (χ0v) is 6.96. The van der Waals surface area contributed by atoms with Crippen molar-refractivity contribution < 1.29 is 14.3 Å². The molecule has 1 amide bonds. The second kappa shape index (κ2) is 4.45. The molecule has 2 N–H and O–H groups in total. The molecular weight excluding hydrogens is 173 g/mol. The SMILES string of the molecule is O=C(O)NCCc1ccc(F)cc1. The number of halogens is 1. The van der Waals surface area contributed by atoms with Crippen LogP contribution in [-0.2, 0) is 6.42 Å². The van der Waals surface area contributed by atoms with Crippen molar-refractivity contribution in [3.8, 4) is 0 Å². The maximum absolute atomic E-state index is 12.4. The fourth-order valence-corrected chi connectivity index (χ4v) is 0.965. The summed E-state index contributed by atoms with van der Waals surface area (Å²) in [5.74, 6) is -0.282. The van der Waals surface area contributed by atoms with E-state index in [1.54, 1.807) is 12.1 Å². The van der Waals surface area contributed by atoms with E-state index < -0.39 is 6.09 Å². The molecule has 0 atom stereocenters. The summed E-state index contributed by atoms with van der Waals surface area (Å²) in [5, 5.41) is 10.5. The molecule has 70 valence electrons. The Labute approximate surface area is 75.2 Å². The maximum atomic E-state index is 12.4. The van der Waals surface area contributed by atoms with Crippen LogP contribution in [0.1, 0.15) is 5.56 Å². The normalized spacial score (nSPS) is 9.62. The zero-order valence-electron chi connectivity index (χ0n) is 6.96. The molecule has 0 aliphatic rings. The summed E-state index contributed by atoms with van der Waals surface area (Å²) < 4.78 is 12.4. The smallest absolute Gasteiger partial charge is 0.404 e. The number of hydrogen-bond acceptors (Lipinski definition) is 1. The van der Waals surface area contributed by atoms with Crippen molar-refractivity contribution in [1.82, 2.24) is 5.32 Å². The van der Waals surface area contributed by atoms with Gasteiger partial charge in [0.25, 0.3) is 0 Å². The highest BCUT2D eigenvalue weighted by Crippen LogP contribution is 2.02. The average Bonchev–Trinajstić information content (AvgIpc) is 2.08. The summed E-state index contributed by atoms with van der Waals surface area (Å²) in [6.07, 6.45) is -0.464. The van der Waals surface area contributed by atoms with Crippen molar-refractivity contribution >= 4 is 6.09 Å². The minimum atomic E-state index is -1.04. The van der Waals surface area contributed by atoms with Crippen LogP contribution < -0.4 is 5.32 Å². The first-order chi connectivity index (χ1) is 6.18. The Morgan fingerprint density at radius 3 is 2.54 bits per heavy atom. The second-order valence-corrected chi connectivity index (χ2v) is 2.61. The van der Waals surface area contributed by atoms with E-state index in [1.165, 1.54) is 12.1 Å². The Morgan fingerprint density at radius 1 is 1.38 bits per heavy atom. The van der Waals surface area contributed by atoms with Gasteiger partial charge in [-0.2, -0.15) is 0 Å². The van der Waals surface area contributed by atoms with Gasteiger partial charge in [-0.1, -0.05) is 12.1 Å². The molecular formula is C9H10FNO2. The van der Waals surface area contributed by atoms with Crippen molar-refractivity contribution in [1.29, 1.82) is 0 Å². The number of nitrogens with one attached hydrogen (secondary N) is 1. The third-order valence-corrected chi connectivity index (χ3v) is 1.60. The van der Waals surface area contributed by atoms with Crippen LogP contribution in [-0.4, -0.2) is 17.7 Å². The molecule has 1 rings (SSSR count). The van der Waals surface area contributed by atoms with Gasteiger partial charge in [0.15, 0.2) is 0 Å². The lowest BCUT2D eigenvalue weighted by Crippen LogP contribution is -2.23. The molecule has 0 spiro atoms. The number of amides is 1. The molecule has 0 saturated heterocycles. The number of carboxylic acid groups (broad SMARTS) is 1. The van der Waals surface area contributed by atoms with E-state index in [9.17, 15) is 9.18 Å². The lowest BCUT2D eigenvalue weighted by atomic mass is 10.1. The molecule has 1 aromatic rings. The molecule has 0 saturated carbocycles. The standard InChI is InChI=1S/C9H10FNO2/c10-8-3-1-7(2-4-8)5-6-11-9(12)13/h1-4,11H,5-6H2,(H,12,13). The van der Waals surface area contributed by atoms with Crippen molar-refractivity contribution in [3.05, 3.63) is 35.6 Å². The summed E-state index contributed by atoms with van der Waals surface area (Å²) in [5.41, 5.74) is 0.912. The van der Waals surface area contributed by atoms with E-state index in [2.05, 4.69) is 5.32 Å². The molecule has 3 nitrogen and oxygen atoms in total. The van der Waals surface area contributed by atoms with Crippen LogP contribution in [0, 0.1) is 5.82 Å². The Balaban J connectivity index is 2.37. The van der Waals surface area contributed by atoms with Gasteiger partial charge in [-0.15, -0.1) is 0 Å². The van der Waals surface area contributed by atoms with Crippen LogP contribution in [0.3, 0.4) is 0 Å². The van der Waals surface area contributed by atoms with E-state index in [-0.39, 0.29) is 5.82 Å². The number of hydrogen-bond donors (Lipinski definition) is 2. The molecule has 1 aromatic carbocycles. The third kappa shape index (κ3) is 3.55. The lowest BCUT2D eigenvalue weighted by molar-refractivity contribution is 0.194. The fourth-order valence-electron chi connectivity index (χ4n) is 0.965. The van der Waals surface area contributed by atoms with Crippen LogP contribution >= 0.6 is 0 Å². The number of benzene rings is 1. The summed E-state index contributed by atoms with van der Waals surface area (Å²) in [4.78, 5) is 10.1. The van der Waals surface area contributed by atoms with Gasteiger partial charge < -0.3 is 10.4 Å². The quantitative estimate of drug-likeness (QED) is 0.748. The molecule has 0 unspecified atom stereocenters. The van der Waals surface area contributed by atoms with Crippen molar-refractivity contribution in [2.24, 2.45) is 0 Å². The highest BCUT2D eigenvalue weighted by atomic mass is 19.1. The van der Waals surface area contributed by atoms with Gasteiger partial charge in [0, 0.05) is 6.54 Å². The first-order valence-electron chi connectivity index (χ1n) is 3.90. The predicted molar refractivity (Wildman–Crippen MR) is 46.1 cm³/mol.